The van der Waals surface area contributed by atoms with E-state index >= 15 is 0 Å². The van der Waals surface area contributed by atoms with Crippen LogP contribution in [-0.2, 0) is 23.3 Å². The number of carbonyl (C=O) groups is 1. The van der Waals surface area contributed by atoms with Gasteiger partial charge in [-0.3, -0.25) is 4.79 Å². The Bertz CT molecular complexity index is 843. The molecule has 0 saturated carbocycles. The van der Waals surface area contributed by atoms with Gasteiger partial charge in [0.25, 0.3) is 0 Å². The van der Waals surface area contributed by atoms with Gasteiger partial charge in [-0.25, -0.2) is 0 Å². The van der Waals surface area contributed by atoms with E-state index in [4.69, 9.17) is 11.6 Å². The Labute approximate surface area is 177 Å². The quantitative estimate of drug-likeness (QED) is 0.823. The summed E-state index contributed by atoms with van der Waals surface area (Å²) in [4.78, 5) is 15.2. The number of hydrogen-bond donors (Lipinski definition) is 1. The number of nitrogens with zero attached hydrogens (tertiary/aromatic N) is 4. The zero-order chi connectivity index (χ0) is 19.0. The Balaban J connectivity index is 0.00000225. The van der Waals surface area contributed by atoms with Crippen molar-refractivity contribution in [3.8, 4) is 0 Å². The highest BCUT2D eigenvalue weighted by atomic mass is 35.5. The van der Waals surface area contributed by atoms with Gasteiger partial charge in [-0.15, -0.1) is 22.6 Å². The van der Waals surface area contributed by atoms with Crippen LogP contribution in [0.1, 0.15) is 49.8 Å². The monoisotopic (exact) mass is 423 g/mol. The first-order chi connectivity index (χ1) is 13.0. The molecule has 0 unspecified atom stereocenters. The molecule has 2 aromatic rings. The maximum Gasteiger partial charge on any atom is 0.232 e. The van der Waals surface area contributed by atoms with E-state index in [1.165, 1.54) is 0 Å². The van der Waals surface area contributed by atoms with Crippen molar-refractivity contribution >= 4 is 29.9 Å². The van der Waals surface area contributed by atoms with Gasteiger partial charge in [0.2, 0.25) is 5.91 Å². The van der Waals surface area contributed by atoms with E-state index in [1.807, 2.05) is 43.0 Å². The summed E-state index contributed by atoms with van der Waals surface area (Å²) < 4.78 is 2.26. The van der Waals surface area contributed by atoms with Gasteiger partial charge in [0, 0.05) is 37.1 Å². The molecule has 1 amide bonds. The molecule has 0 spiro atoms. The van der Waals surface area contributed by atoms with Gasteiger partial charge in [0.05, 0.1) is 12.0 Å². The van der Waals surface area contributed by atoms with Crippen LogP contribution in [0, 0.1) is 0 Å². The SMILES string of the molecule is CC(C)(C(=O)N1CCC(c2nnc3n2CCNC3)CC1)c1cccc(Cl)c1.Cl. The lowest BCUT2D eigenvalue weighted by Crippen LogP contribution is -2.47. The van der Waals surface area contributed by atoms with Crippen molar-refractivity contribution in [1.29, 1.82) is 0 Å². The molecule has 0 atom stereocenters. The van der Waals surface area contributed by atoms with Crippen LogP contribution in [0.4, 0.5) is 0 Å². The summed E-state index contributed by atoms with van der Waals surface area (Å²) in [5.41, 5.74) is 0.374. The van der Waals surface area contributed by atoms with E-state index in [-0.39, 0.29) is 18.3 Å². The largest absolute Gasteiger partial charge is 0.342 e. The molecule has 1 N–H and O–H groups in total. The van der Waals surface area contributed by atoms with Crippen LogP contribution in [-0.4, -0.2) is 45.2 Å². The highest BCUT2D eigenvalue weighted by molar-refractivity contribution is 6.30. The number of aromatic nitrogens is 3. The van der Waals surface area contributed by atoms with E-state index in [0.717, 1.165) is 62.8 Å². The highest BCUT2D eigenvalue weighted by Crippen LogP contribution is 2.32. The van der Waals surface area contributed by atoms with Crippen molar-refractivity contribution in [2.24, 2.45) is 0 Å². The number of hydrogen-bond acceptors (Lipinski definition) is 4. The molecule has 1 saturated heterocycles. The molecule has 2 aliphatic heterocycles. The molecule has 1 fully saturated rings. The minimum atomic E-state index is -0.586. The number of amides is 1. The summed E-state index contributed by atoms with van der Waals surface area (Å²) in [7, 11) is 0. The second kappa shape index (κ2) is 8.39. The molecule has 28 heavy (non-hydrogen) atoms. The Hall–Kier alpha value is -1.63. The summed E-state index contributed by atoms with van der Waals surface area (Å²) in [5, 5.41) is 12.8. The van der Waals surface area contributed by atoms with E-state index in [9.17, 15) is 4.79 Å². The van der Waals surface area contributed by atoms with Crippen molar-refractivity contribution in [2.75, 3.05) is 19.6 Å². The molecule has 0 radical (unpaired) electrons. The summed E-state index contributed by atoms with van der Waals surface area (Å²) in [6.07, 6.45) is 1.87. The second-order valence-corrected chi connectivity index (χ2v) is 8.44. The standard InChI is InChI=1S/C20H26ClN5O.ClH/c1-20(2,15-4-3-5-16(21)12-15)19(27)25-9-6-14(7-10-25)18-24-23-17-13-22-8-11-26(17)18;/h3-5,12,14,22H,6-11,13H2,1-2H3;1H. The predicted octanol–water partition coefficient (Wildman–Crippen LogP) is 3.14. The number of benzene rings is 1. The molecular weight excluding hydrogens is 397 g/mol. The van der Waals surface area contributed by atoms with Crippen molar-refractivity contribution in [3.63, 3.8) is 0 Å². The average Bonchev–Trinajstić information content (AvgIpc) is 3.12. The van der Waals surface area contributed by atoms with Crippen molar-refractivity contribution < 1.29 is 4.79 Å². The van der Waals surface area contributed by atoms with Crippen molar-refractivity contribution in [2.45, 2.75) is 51.1 Å². The van der Waals surface area contributed by atoms with Crippen molar-refractivity contribution in [1.82, 2.24) is 25.0 Å². The molecule has 8 heteroatoms. The molecule has 4 rings (SSSR count). The number of piperidine rings is 1. The number of halogens is 2. The molecule has 6 nitrogen and oxygen atoms in total. The zero-order valence-electron chi connectivity index (χ0n) is 16.3. The maximum absolute atomic E-state index is 13.2. The third-order valence-corrected chi connectivity index (χ3v) is 6.11. The molecule has 2 aliphatic rings. The maximum atomic E-state index is 13.2. The van der Waals surface area contributed by atoms with Crippen LogP contribution in [0.5, 0.6) is 0 Å². The second-order valence-electron chi connectivity index (χ2n) is 8.00. The van der Waals surface area contributed by atoms with Gasteiger partial charge < -0.3 is 14.8 Å². The van der Waals surface area contributed by atoms with E-state index < -0.39 is 5.41 Å². The number of carbonyl (C=O) groups excluding carboxylic acids is 1. The minimum Gasteiger partial charge on any atom is -0.342 e. The fourth-order valence-corrected chi connectivity index (χ4v) is 4.34. The van der Waals surface area contributed by atoms with E-state index in [1.54, 1.807) is 0 Å². The first kappa shape index (κ1) is 21.1. The van der Waals surface area contributed by atoms with Crippen LogP contribution >= 0.6 is 24.0 Å². The Morgan fingerprint density at radius 3 is 2.68 bits per heavy atom. The summed E-state index contributed by atoms with van der Waals surface area (Å²) >= 11 is 6.13. The first-order valence-electron chi connectivity index (χ1n) is 9.65. The van der Waals surface area contributed by atoms with E-state index in [2.05, 4.69) is 20.1 Å². The fraction of sp³-hybridized carbons (Fsp3) is 0.550. The van der Waals surface area contributed by atoms with Crippen LogP contribution in [0.2, 0.25) is 5.02 Å². The lowest BCUT2D eigenvalue weighted by atomic mass is 9.82. The first-order valence-corrected chi connectivity index (χ1v) is 10.0. The Morgan fingerprint density at radius 1 is 1.21 bits per heavy atom. The van der Waals surface area contributed by atoms with Crippen LogP contribution in [0.15, 0.2) is 24.3 Å². The number of nitrogens with one attached hydrogen (secondary N) is 1. The minimum absolute atomic E-state index is 0. The lowest BCUT2D eigenvalue weighted by Gasteiger charge is -2.37. The van der Waals surface area contributed by atoms with Gasteiger partial charge in [-0.1, -0.05) is 23.7 Å². The van der Waals surface area contributed by atoms with E-state index in [0.29, 0.717) is 10.9 Å². The molecule has 0 bridgehead atoms. The molecule has 0 aliphatic carbocycles. The summed E-state index contributed by atoms with van der Waals surface area (Å²) in [6, 6.07) is 7.61. The third kappa shape index (κ3) is 3.91. The van der Waals surface area contributed by atoms with Crippen LogP contribution < -0.4 is 5.32 Å². The topological polar surface area (TPSA) is 63.1 Å². The number of fused-ring (bicyclic) bond motifs is 1. The van der Waals surface area contributed by atoms with Gasteiger partial charge in [0.15, 0.2) is 0 Å². The predicted molar refractivity (Wildman–Crippen MR) is 112 cm³/mol. The smallest absolute Gasteiger partial charge is 0.232 e. The zero-order valence-corrected chi connectivity index (χ0v) is 17.9. The highest BCUT2D eigenvalue weighted by Gasteiger charge is 2.36. The third-order valence-electron chi connectivity index (χ3n) is 5.88. The molecule has 1 aromatic carbocycles. The van der Waals surface area contributed by atoms with Gasteiger partial charge in [-0.05, 0) is 44.4 Å². The van der Waals surface area contributed by atoms with Crippen LogP contribution in [0.25, 0.3) is 0 Å². The van der Waals surface area contributed by atoms with Gasteiger partial charge in [0.1, 0.15) is 11.6 Å². The lowest BCUT2D eigenvalue weighted by molar-refractivity contribution is -0.137. The molecule has 152 valence electrons. The van der Waals surface area contributed by atoms with Gasteiger partial charge in [-0.2, -0.15) is 0 Å². The Kier molecular flexibility index (Phi) is 6.32. The van der Waals surface area contributed by atoms with Crippen molar-refractivity contribution in [3.05, 3.63) is 46.5 Å². The average molecular weight is 424 g/mol. The normalized spacial score (nSPS) is 17.8. The summed E-state index contributed by atoms with van der Waals surface area (Å²) in [5.74, 6) is 2.66. The number of likely N-dealkylation sites (tertiary alicyclic amines) is 1. The van der Waals surface area contributed by atoms with Crippen LogP contribution in [0.3, 0.4) is 0 Å². The summed E-state index contributed by atoms with van der Waals surface area (Å²) in [6.45, 7) is 8.16. The number of rotatable bonds is 3. The van der Waals surface area contributed by atoms with Gasteiger partial charge >= 0.3 is 0 Å². The Morgan fingerprint density at radius 2 is 1.96 bits per heavy atom. The fourth-order valence-electron chi connectivity index (χ4n) is 4.15. The molecular formula is C20H27Cl2N5O. The molecule has 3 heterocycles. The molecule has 1 aromatic heterocycles.